The molecule has 0 spiro atoms. The Morgan fingerprint density at radius 3 is 2.53 bits per heavy atom. The fraction of sp³-hybridized carbons (Fsp3) is 0.571. The highest BCUT2D eigenvalue weighted by Gasteiger charge is 2.17. The molecule has 0 amide bonds. The predicted octanol–water partition coefficient (Wildman–Crippen LogP) is 1.97. The number of phenolic OH excluding ortho intramolecular Hbond substituents is 1. The summed E-state index contributed by atoms with van der Waals surface area (Å²) in [5.41, 5.74) is 1.22. The van der Waals surface area contributed by atoms with Gasteiger partial charge in [0.25, 0.3) is 0 Å². The number of nitrogens with zero attached hydrogens (tertiary/aromatic N) is 1. The van der Waals surface area contributed by atoms with Crippen molar-refractivity contribution in [2.75, 3.05) is 19.6 Å². The lowest BCUT2D eigenvalue weighted by molar-refractivity contribution is 0.251. The number of hydrogen-bond acceptors (Lipinski definition) is 3. The molecule has 1 fully saturated rings. The van der Waals surface area contributed by atoms with Crippen LogP contribution in [0.5, 0.6) is 5.75 Å². The highest BCUT2D eigenvalue weighted by molar-refractivity contribution is 5.25. The largest absolute Gasteiger partial charge is 0.508 e. The average Bonchev–Trinajstić information content (AvgIpc) is 2.85. The van der Waals surface area contributed by atoms with E-state index in [1.54, 1.807) is 12.1 Å². The maximum atomic E-state index is 9.19. The second-order valence-corrected chi connectivity index (χ2v) is 4.89. The standard InChI is InChI=1S/C14H22N2O/c1-12(16-8-2-3-9-16)10-15-11-13-4-6-14(17)7-5-13/h4-7,12,15,17H,2-3,8-11H2,1H3. The average molecular weight is 234 g/mol. The molecule has 3 heteroatoms. The van der Waals surface area contributed by atoms with E-state index in [1.165, 1.54) is 31.5 Å². The van der Waals surface area contributed by atoms with Crippen molar-refractivity contribution in [1.82, 2.24) is 10.2 Å². The van der Waals surface area contributed by atoms with Gasteiger partial charge in [-0.2, -0.15) is 0 Å². The highest BCUT2D eigenvalue weighted by atomic mass is 16.3. The third-order valence-corrected chi connectivity index (χ3v) is 3.47. The number of phenols is 1. The maximum Gasteiger partial charge on any atom is 0.115 e. The van der Waals surface area contributed by atoms with Crippen LogP contribution in [-0.2, 0) is 6.54 Å². The predicted molar refractivity (Wildman–Crippen MR) is 70.1 cm³/mol. The number of likely N-dealkylation sites (tertiary alicyclic amines) is 1. The van der Waals surface area contributed by atoms with Gasteiger partial charge < -0.3 is 10.4 Å². The van der Waals surface area contributed by atoms with Crippen molar-refractivity contribution in [2.45, 2.75) is 32.4 Å². The summed E-state index contributed by atoms with van der Waals surface area (Å²) < 4.78 is 0. The number of aromatic hydroxyl groups is 1. The summed E-state index contributed by atoms with van der Waals surface area (Å²) in [4.78, 5) is 2.55. The molecule has 1 unspecified atom stereocenters. The Morgan fingerprint density at radius 1 is 1.24 bits per heavy atom. The lowest BCUT2D eigenvalue weighted by atomic mass is 10.2. The van der Waals surface area contributed by atoms with E-state index in [-0.39, 0.29) is 0 Å². The monoisotopic (exact) mass is 234 g/mol. The molecule has 0 aromatic heterocycles. The van der Waals surface area contributed by atoms with Crippen LogP contribution in [0.15, 0.2) is 24.3 Å². The molecule has 0 radical (unpaired) electrons. The van der Waals surface area contributed by atoms with Gasteiger partial charge in [0, 0.05) is 19.1 Å². The molecule has 1 aromatic rings. The van der Waals surface area contributed by atoms with Crippen molar-refractivity contribution in [3.05, 3.63) is 29.8 Å². The second-order valence-electron chi connectivity index (χ2n) is 4.89. The van der Waals surface area contributed by atoms with Crippen LogP contribution in [0.1, 0.15) is 25.3 Å². The van der Waals surface area contributed by atoms with Crippen LogP contribution >= 0.6 is 0 Å². The lowest BCUT2D eigenvalue weighted by Crippen LogP contribution is -2.38. The molecule has 0 aliphatic carbocycles. The molecule has 3 nitrogen and oxygen atoms in total. The van der Waals surface area contributed by atoms with Gasteiger partial charge in [0.15, 0.2) is 0 Å². The van der Waals surface area contributed by atoms with Crippen molar-refractivity contribution in [3.63, 3.8) is 0 Å². The Kier molecular flexibility index (Phi) is 4.40. The number of nitrogens with one attached hydrogen (secondary N) is 1. The molecule has 2 rings (SSSR count). The van der Waals surface area contributed by atoms with Crippen LogP contribution in [0.25, 0.3) is 0 Å². The van der Waals surface area contributed by atoms with Crippen LogP contribution in [-0.4, -0.2) is 35.7 Å². The third kappa shape index (κ3) is 3.72. The van der Waals surface area contributed by atoms with Gasteiger partial charge in [0.05, 0.1) is 0 Å². The first-order valence-electron chi connectivity index (χ1n) is 6.48. The second kappa shape index (κ2) is 6.03. The Balaban J connectivity index is 1.70. The minimum atomic E-state index is 0.333. The van der Waals surface area contributed by atoms with E-state index in [9.17, 15) is 5.11 Å². The third-order valence-electron chi connectivity index (χ3n) is 3.47. The Hall–Kier alpha value is -1.06. The lowest BCUT2D eigenvalue weighted by Gasteiger charge is -2.23. The van der Waals surface area contributed by atoms with Gasteiger partial charge >= 0.3 is 0 Å². The zero-order valence-corrected chi connectivity index (χ0v) is 10.5. The summed E-state index contributed by atoms with van der Waals surface area (Å²) >= 11 is 0. The molecule has 1 saturated heterocycles. The van der Waals surface area contributed by atoms with Crippen LogP contribution in [0.2, 0.25) is 0 Å². The van der Waals surface area contributed by atoms with Gasteiger partial charge in [-0.25, -0.2) is 0 Å². The van der Waals surface area contributed by atoms with Crippen molar-refractivity contribution >= 4 is 0 Å². The molecule has 2 N–H and O–H groups in total. The SMILES string of the molecule is CC(CNCc1ccc(O)cc1)N1CCCC1. The fourth-order valence-corrected chi connectivity index (χ4v) is 2.35. The molecule has 0 saturated carbocycles. The highest BCUT2D eigenvalue weighted by Crippen LogP contribution is 2.11. The molecule has 94 valence electrons. The Morgan fingerprint density at radius 2 is 1.88 bits per heavy atom. The topological polar surface area (TPSA) is 35.5 Å². The molecule has 1 heterocycles. The normalized spacial score (nSPS) is 18.4. The first-order valence-corrected chi connectivity index (χ1v) is 6.48. The van der Waals surface area contributed by atoms with Gasteiger partial charge in [0.2, 0.25) is 0 Å². The maximum absolute atomic E-state index is 9.19. The zero-order valence-electron chi connectivity index (χ0n) is 10.5. The van der Waals surface area contributed by atoms with Crippen LogP contribution < -0.4 is 5.32 Å². The Labute approximate surface area is 103 Å². The van der Waals surface area contributed by atoms with Crippen molar-refractivity contribution < 1.29 is 5.11 Å². The zero-order chi connectivity index (χ0) is 12.1. The molecule has 1 aliphatic heterocycles. The summed E-state index contributed by atoms with van der Waals surface area (Å²) in [6.45, 7) is 6.69. The molecule has 17 heavy (non-hydrogen) atoms. The Bertz CT molecular complexity index is 331. The first kappa shape index (κ1) is 12.4. The van der Waals surface area contributed by atoms with E-state index in [2.05, 4.69) is 17.1 Å². The molecule has 1 aromatic carbocycles. The van der Waals surface area contributed by atoms with Gasteiger partial charge in [-0.15, -0.1) is 0 Å². The van der Waals surface area contributed by atoms with Crippen LogP contribution in [0.4, 0.5) is 0 Å². The summed E-state index contributed by atoms with van der Waals surface area (Å²) in [6, 6.07) is 8.02. The van der Waals surface area contributed by atoms with Crippen molar-refractivity contribution in [1.29, 1.82) is 0 Å². The van der Waals surface area contributed by atoms with E-state index in [0.29, 0.717) is 11.8 Å². The summed E-state index contributed by atoms with van der Waals surface area (Å²) in [5.74, 6) is 0.333. The smallest absolute Gasteiger partial charge is 0.115 e. The molecular formula is C14H22N2O. The molecule has 0 bridgehead atoms. The molecular weight excluding hydrogens is 212 g/mol. The minimum Gasteiger partial charge on any atom is -0.508 e. The molecule has 1 aliphatic rings. The fourth-order valence-electron chi connectivity index (χ4n) is 2.35. The summed E-state index contributed by atoms with van der Waals surface area (Å²) in [6.07, 6.45) is 2.70. The van der Waals surface area contributed by atoms with Crippen LogP contribution in [0, 0.1) is 0 Å². The van der Waals surface area contributed by atoms with Crippen LogP contribution in [0.3, 0.4) is 0 Å². The quantitative estimate of drug-likeness (QED) is 0.817. The van der Waals surface area contributed by atoms with E-state index in [1.807, 2.05) is 12.1 Å². The van der Waals surface area contributed by atoms with Gasteiger partial charge in [-0.3, -0.25) is 4.90 Å². The van der Waals surface area contributed by atoms with E-state index < -0.39 is 0 Å². The van der Waals surface area contributed by atoms with E-state index in [4.69, 9.17) is 0 Å². The number of hydrogen-bond donors (Lipinski definition) is 2. The first-order chi connectivity index (χ1) is 8.25. The van der Waals surface area contributed by atoms with Gasteiger partial charge in [-0.1, -0.05) is 12.1 Å². The van der Waals surface area contributed by atoms with Crippen molar-refractivity contribution in [3.8, 4) is 5.75 Å². The summed E-state index contributed by atoms with van der Waals surface area (Å²) in [7, 11) is 0. The number of benzene rings is 1. The minimum absolute atomic E-state index is 0.333. The van der Waals surface area contributed by atoms with Gasteiger partial charge in [0.1, 0.15) is 5.75 Å². The van der Waals surface area contributed by atoms with E-state index >= 15 is 0 Å². The molecule has 1 atom stereocenters. The van der Waals surface area contributed by atoms with E-state index in [0.717, 1.165) is 13.1 Å². The summed E-state index contributed by atoms with van der Waals surface area (Å²) in [5, 5.41) is 12.7. The van der Waals surface area contributed by atoms with Crippen molar-refractivity contribution in [2.24, 2.45) is 0 Å². The number of rotatable bonds is 5. The van der Waals surface area contributed by atoms with Gasteiger partial charge in [-0.05, 0) is 50.6 Å².